The van der Waals surface area contributed by atoms with Crippen molar-refractivity contribution in [2.75, 3.05) is 12.4 Å². The number of carbonyl (C=O) groups is 2. The summed E-state index contributed by atoms with van der Waals surface area (Å²) in [5.74, 6) is -1.02. The average molecular weight is 337 g/mol. The third-order valence-corrected chi connectivity index (χ3v) is 6.57. The second-order valence-corrected chi connectivity index (χ2v) is 7.72. The van der Waals surface area contributed by atoms with Gasteiger partial charge in [0.1, 0.15) is 10.0 Å². The lowest BCUT2D eigenvalue weighted by molar-refractivity contribution is -0.118. The Hall–Kier alpha value is -2.10. The van der Waals surface area contributed by atoms with E-state index in [0.717, 1.165) is 15.6 Å². The third kappa shape index (κ3) is 2.23. The van der Waals surface area contributed by atoms with Crippen LogP contribution in [0.2, 0.25) is 0 Å². The van der Waals surface area contributed by atoms with E-state index >= 15 is 0 Å². The number of thiophene rings is 1. The summed E-state index contributed by atoms with van der Waals surface area (Å²) in [5, 5.41) is 3.98. The van der Waals surface area contributed by atoms with Crippen LogP contribution in [-0.2, 0) is 14.8 Å². The molecule has 0 bridgehead atoms. The predicted octanol–water partition coefficient (Wildman–Crippen LogP) is 0.967. The van der Waals surface area contributed by atoms with Crippen LogP contribution in [0, 0.1) is 0 Å². The molecule has 1 unspecified atom stereocenters. The van der Waals surface area contributed by atoms with E-state index in [1.807, 2.05) is 0 Å². The van der Waals surface area contributed by atoms with Gasteiger partial charge in [-0.05, 0) is 23.6 Å². The van der Waals surface area contributed by atoms with Gasteiger partial charge in [0, 0.05) is 13.2 Å². The Balaban J connectivity index is 1.98. The van der Waals surface area contributed by atoms with E-state index in [9.17, 15) is 18.0 Å². The molecule has 1 aliphatic heterocycles. The van der Waals surface area contributed by atoms with Crippen molar-refractivity contribution in [3.8, 4) is 0 Å². The molecule has 3 rings (SSSR count). The van der Waals surface area contributed by atoms with Gasteiger partial charge in [-0.2, -0.15) is 4.31 Å². The zero-order valence-corrected chi connectivity index (χ0v) is 13.0. The van der Waals surface area contributed by atoms with E-state index in [1.54, 1.807) is 18.2 Å². The molecule has 0 fully saturated rings. The molecule has 1 amide bonds. The monoisotopic (exact) mass is 337 g/mol. The maximum absolute atomic E-state index is 12.4. The third-order valence-electron chi connectivity index (χ3n) is 3.29. The van der Waals surface area contributed by atoms with Crippen LogP contribution in [-0.4, -0.2) is 42.5 Å². The summed E-state index contributed by atoms with van der Waals surface area (Å²) >= 11 is 0.963. The summed E-state index contributed by atoms with van der Waals surface area (Å²) in [7, 11) is -2.63. The lowest BCUT2D eigenvalue weighted by Gasteiger charge is -2.29. The second-order valence-electron chi connectivity index (χ2n) is 4.61. The summed E-state index contributed by atoms with van der Waals surface area (Å²) in [6.45, 7) is 0. The number of carbonyl (C=O) groups excluding carboxylic acids is 2. The number of likely N-dealkylation sites (N-methyl/N-ethyl adjacent to an activating group) is 1. The number of fused-ring (bicyclic) bond motifs is 1. The highest BCUT2D eigenvalue weighted by Crippen LogP contribution is 2.33. The fraction of sp³-hybridized carbons (Fsp3) is 0.154. The van der Waals surface area contributed by atoms with Crippen LogP contribution < -0.4 is 5.32 Å². The first-order chi connectivity index (χ1) is 10.4. The lowest BCUT2D eigenvalue weighted by atomic mass is 10.1. The van der Waals surface area contributed by atoms with Crippen LogP contribution in [0.4, 0.5) is 5.82 Å². The number of anilines is 1. The molecule has 2 aromatic heterocycles. The summed E-state index contributed by atoms with van der Waals surface area (Å²) < 4.78 is 25.5. The van der Waals surface area contributed by atoms with Gasteiger partial charge in [-0.1, -0.05) is 6.07 Å². The Morgan fingerprint density at radius 1 is 1.36 bits per heavy atom. The molecule has 0 aromatic carbocycles. The van der Waals surface area contributed by atoms with Gasteiger partial charge in [0.05, 0.1) is 5.56 Å². The minimum Gasteiger partial charge on any atom is -0.309 e. The standard InChI is InChI=1S/C13H11N3O4S2/c1-16-10(12(18)15-9-4-2-3-6-14-9)11(17)8-5-7-21-13(8)22(16,19)20/h2-7,10H,1H3,(H,14,15,18). The molecule has 7 nitrogen and oxygen atoms in total. The van der Waals surface area contributed by atoms with Gasteiger partial charge in [0.15, 0.2) is 11.8 Å². The topological polar surface area (TPSA) is 96.4 Å². The van der Waals surface area contributed by atoms with Crippen LogP contribution >= 0.6 is 11.3 Å². The van der Waals surface area contributed by atoms with Gasteiger partial charge in [-0.15, -0.1) is 11.3 Å². The molecule has 0 saturated carbocycles. The Morgan fingerprint density at radius 3 is 2.82 bits per heavy atom. The molecule has 0 spiro atoms. The Bertz CT molecular complexity index is 845. The van der Waals surface area contributed by atoms with Crippen molar-refractivity contribution in [1.82, 2.24) is 9.29 Å². The van der Waals surface area contributed by atoms with Crippen molar-refractivity contribution in [2.24, 2.45) is 0 Å². The molecule has 1 N–H and O–H groups in total. The number of sulfonamides is 1. The minimum atomic E-state index is -3.85. The maximum Gasteiger partial charge on any atom is 0.254 e. The highest BCUT2D eigenvalue weighted by Gasteiger charge is 2.46. The number of amides is 1. The Morgan fingerprint density at radius 2 is 2.14 bits per heavy atom. The first-order valence-corrected chi connectivity index (χ1v) is 8.56. The van der Waals surface area contributed by atoms with Crippen molar-refractivity contribution < 1.29 is 18.0 Å². The quantitative estimate of drug-likeness (QED) is 0.824. The molecular weight excluding hydrogens is 326 g/mol. The van der Waals surface area contributed by atoms with Crippen LogP contribution in [0.5, 0.6) is 0 Å². The van der Waals surface area contributed by atoms with Gasteiger partial charge in [0.25, 0.3) is 15.9 Å². The van der Waals surface area contributed by atoms with E-state index in [2.05, 4.69) is 10.3 Å². The number of aromatic nitrogens is 1. The molecule has 1 atom stereocenters. The summed E-state index contributed by atoms with van der Waals surface area (Å²) in [4.78, 5) is 28.7. The molecule has 0 aliphatic carbocycles. The van der Waals surface area contributed by atoms with Crippen LogP contribution in [0.15, 0.2) is 40.1 Å². The van der Waals surface area contributed by atoms with Crippen molar-refractivity contribution >= 4 is 38.9 Å². The van der Waals surface area contributed by atoms with E-state index in [0.29, 0.717) is 0 Å². The number of hydrogen-bond donors (Lipinski definition) is 1. The SMILES string of the molecule is CN1C(C(=O)Nc2ccccn2)C(=O)c2ccsc2S1(=O)=O. The van der Waals surface area contributed by atoms with Crippen molar-refractivity contribution in [1.29, 1.82) is 0 Å². The average Bonchev–Trinajstić information content (AvgIpc) is 2.97. The smallest absolute Gasteiger partial charge is 0.254 e. The van der Waals surface area contributed by atoms with Crippen molar-refractivity contribution in [3.05, 3.63) is 41.4 Å². The number of nitrogens with one attached hydrogen (secondary N) is 1. The second kappa shape index (κ2) is 5.27. The van der Waals surface area contributed by atoms with E-state index in [4.69, 9.17) is 0 Å². The zero-order valence-electron chi connectivity index (χ0n) is 11.4. The lowest BCUT2D eigenvalue weighted by Crippen LogP contribution is -2.52. The van der Waals surface area contributed by atoms with Crippen molar-refractivity contribution in [2.45, 2.75) is 10.3 Å². The predicted molar refractivity (Wildman–Crippen MR) is 80.3 cm³/mol. The summed E-state index contributed by atoms with van der Waals surface area (Å²) in [6.07, 6.45) is 1.48. The number of ketones is 1. The van der Waals surface area contributed by atoms with Crippen LogP contribution in [0.3, 0.4) is 0 Å². The fourth-order valence-electron chi connectivity index (χ4n) is 2.18. The first kappa shape index (κ1) is 14.8. The molecule has 114 valence electrons. The van der Waals surface area contributed by atoms with Gasteiger partial charge in [0.2, 0.25) is 0 Å². The van der Waals surface area contributed by atoms with Crippen molar-refractivity contribution in [3.63, 3.8) is 0 Å². The molecule has 0 saturated heterocycles. The molecular formula is C13H11N3O4S2. The molecule has 2 aromatic rings. The first-order valence-electron chi connectivity index (χ1n) is 6.24. The number of rotatable bonds is 2. The maximum atomic E-state index is 12.4. The van der Waals surface area contributed by atoms with Gasteiger partial charge < -0.3 is 5.32 Å². The minimum absolute atomic E-state index is 0.0260. The summed E-state index contributed by atoms with van der Waals surface area (Å²) in [5.41, 5.74) is 0.0595. The van der Waals surface area contributed by atoms with E-state index < -0.39 is 27.8 Å². The molecule has 22 heavy (non-hydrogen) atoms. The zero-order chi connectivity index (χ0) is 15.9. The molecule has 0 radical (unpaired) electrons. The highest BCUT2D eigenvalue weighted by atomic mass is 32.2. The fourth-order valence-corrected chi connectivity index (χ4v) is 4.98. The van der Waals surface area contributed by atoms with Gasteiger partial charge in [-0.25, -0.2) is 13.4 Å². The molecule has 9 heteroatoms. The number of nitrogens with zero attached hydrogens (tertiary/aromatic N) is 2. The van der Waals surface area contributed by atoms with Gasteiger partial charge >= 0.3 is 0 Å². The van der Waals surface area contributed by atoms with E-state index in [-0.39, 0.29) is 15.6 Å². The highest BCUT2D eigenvalue weighted by molar-refractivity contribution is 7.91. The Kier molecular flexibility index (Phi) is 3.55. The normalized spacial score (nSPS) is 20.4. The Labute approximate surface area is 130 Å². The summed E-state index contributed by atoms with van der Waals surface area (Å²) in [6, 6.07) is 4.89. The van der Waals surface area contributed by atoms with Gasteiger partial charge in [-0.3, -0.25) is 9.59 Å². The van der Waals surface area contributed by atoms with Crippen LogP contribution in [0.1, 0.15) is 10.4 Å². The number of Topliss-reactive ketones (excluding diaryl/α,β-unsaturated/α-hetero) is 1. The largest absolute Gasteiger partial charge is 0.309 e. The number of pyridine rings is 1. The number of hydrogen-bond acceptors (Lipinski definition) is 6. The van der Waals surface area contributed by atoms with E-state index in [1.165, 1.54) is 24.7 Å². The van der Waals surface area contributed by atoms with Crippen LogP contribution in [0.25, 0.3) is 0 Å². The molecule has 1 aliphatic rings. The molecule has 3 heterocycles.